The summed E-state index contributed by atoms with van der Waals surface area (Å²) in [4.78, 5) is 15.3. The van der Waals surface area contributed by atoms with E-state index in [1.54, 1.807) is 7.11 Å². The van der Waals surface area contributed by atoms with Gasteiger partial charge in [0, 0.05) is 30.3 Å². The molecule has 0 aliphatic heterocycles. The number of carbonyl (C=O) groups excluding carboxylic acids is 1. The molecular weight excluding hydrogens is 412 g/mol. The van der Waals surface area contributed by atoms with Crippen molar-refractivity contribution in [2.45, 2.75) is 39.8 Å². The maximum atomic E-state index is 12.9. The quantitative estimate of drug-likeness (QED) is 0.408. The molecule has 174 valence electrons. The van der Waals surface area contributed by atoms with Crippen molar-refractivity contribution >= 4 is 11.6 Å². The minimum Gasteiger partial charge on any atom is -0.497 e. The molecule has 0 fully saturated rings. The first-order chi connectivity index (χ1) is 15.9. The molecule has 0 aliphatic carbocycles. The van der Waals surface area contributed by atoms with E-state index in [2.05, 4.69) is 50.0 Å². The lowest BCUT2D eigenvalue weighted by Crippen LogP contribution is -2.39. The van der Waals surface area contributed by atoms with Crippen molar-refractivity contribution in [3.63, 3.8) is 0 Å². The summed E-state index contributed by atoms with van der Waals surface area (Å²) >= 11 is 0. The zero-order valence-electron chi connectivity index (χ0n) is 20.2. The van der Waals surface area contributed by atoms with Gasteiger partial charge in [0.1, 0.15) is 18.1 Å². The van der Waals surface area contributed by atoms with Crippen LogP contribution in [0.4, 0.5) is 5.69 Å². The van der Waals surface area contributed by atoms with Crippen molar-refractivity contribution < 1.29 is 14.3 Å². The van der Waals surface area contributed by atoms with Gasteiger partial charge in [-0.05, 0) is 63.1 Å². The first kappa shape index (κ1) is 24.3. The third kappa shape index (κ3) is 6.59. The smallest absolute Gasteiger partial charge is 0.255 e. The van der Waals surface area contributed by atoms with E-state index in [1.807, 2.05) is 60.7 Å². The summed E-state index contributed by atoms with van der Waals surface area (Å²) in [7, 11) is 1.62. The predicted octanol–water partition coefficient (Wildman–Crippen LogP) is 6.11. The Bertz CT molecular complexity index is 1020. The highest BCUT2D eigenvalue weighted by Gasteiger charge is 2.15. The molecule has 3 aromatic carbocycles. The zero-order valence-corrected chi connectivity index (χ0v) is 20.2. The Morgan fingerprint density at radius 1 is 0.879 bits per heavy atom. The van der Waals surface area contributed by atoms with Crippen LogP contribution in [0.1, 0.15) is 38.1 Å². The molecule has 0 aliphatic rings. The van der Waals surface area contributed by atoms with Crippen LogP contribution in [0.25, 0.3) is 11.1 Å². The molecule has 5 heteroatoms. The highest BCUT2D eigenvalue weighted by molar-refractivity contribution is 6.05. The molecule has 1 N–H and O–H groups in total. The first-order valence-electron chi connectivity index (χ1n) is 11.4. The second kappa shape index (κ2) is 11.5. The summed E-state index contributed by atoms with van der Waals surface area (Å²) in [6.45, 7) is 10.0. The minimum absolute atomic E-state index is 0.185. The third-order valence-corrected chi connectivity index (χ3v) is 5.62. The predicted molar refractivity (Wildman–Crippen MR) is 135 cm³/mol. The number of methoxy groups -OCH3 is 1. The number of ether oxygens (including phenoxy) is 2. The molecule has 0 atom stereocenters. The fourth-order valence-electron chi connectivity index (χ4n) is 3.87. The van der Waals surface area contributed by atoms with Crippen LogP contribution in [0.2, 0.25) is 0 Å². The fraction of sp³-hybridized carbons (Fsp3) is 0.321. The van der Waals surface area contributed by atoms with Gasteiger partial charge in [0.15, 0.2) is 0 Å². The van der Waals surface area contributed by atoms with Crippen LogP contribution < -0.4 is 14.8 Å². The van der Waals surface area contributed by atoms with Crippen LogP contribution in [-0.4, -0.2) is 43.2 Å². The zero-order chi connectivity index (χ0) is 23.8. The van der Waals surface area contributed by atoms with Crippen molar-refractivity contribution in [1.29, 1.82) is 0 Å². The second-order valence-electron chi connectivity index (χ2n) is 8.53. The Kier molecular flexibility index (Phi) is 8.50. The van der Waals surface area contributed by atoms with Crippen LogP contribution >= 0.6 is 0 Å². The van der Waals surface area contributed by atoms with Crippen molar-refractivity contribution in [3.8, 4) is 22.6 Å². The number of nitrogens with one attached hydrogen (secondary N) is 1. The molecule has 0 radical (unpaired) electrons. The number of hydrogen-bond donors (Lipinski definition) is 1. The molecule has 0 unspecified atom stereocenters. The van der Waals surface area contributed by atoms with Gasteiger partial charge in [0.25, 0.3) is 5.91 Å². The van der Waals surface area contributed by atoms with Crippen molar-refractivity contribution in [1.82, 2.24) is 4.90 Å². The van der Waals surface area contributed by atoms with Crippen molar-refractivity contribution in [2.75, 3.05) is 25.6 Å². The van der Waals surface area contributed by atoms with E-state index in [9.17, 15) is 4.79 Å². The lowest BCUT2D eigenvalue weighted by atomic mass is 10.0. The van der Waals surface area contributed by atoms with Gasteiger partial charge in [-0.1, -0.05) is 42.5 Å². The number of nitrogens with zero attached hydrogens (tertiary/aromatic N) is 1. The number of amides is 1. The Balaban J connectivity index is 1.71. The Morgan fingerprint density at radius 2 is 1.52 bits per heavy atom. The molecule has 3 aromatic rings. The second-order valence-corrected chi connectivity index (χ2v) is 8.53. The SMILES string of the molecule is COc1ccc(NC(=O)c2ccc(-c3ccccc3)cc2)c(OCCN(C(C)C)C(C)C)c1. The standard InChI is InChI=1S/C28H34N2O3/c1-20(2)30(21(3)4)17-18-33-27-19-25(32-5)15-16-26(27)29-28(31)24-13-11-23(12-14-24)22-9-7-6-8-10-22/h6-16,19-21H,17-18H2,1-5H3,(H,29,31). The van der Waals surface area contributed by atoms with Crippen LogP contribution in [0.15, 0.2) is 72.8 Å². The lowest BCUT2D eigenvalue weighted by Gasteiger charge is -2.30. The summed E-state index contributed by atoms with van der Waals surface area (Å²) in [6, 6.07) is 24.0. The molecule has 3 rings (SSSR count). The lowest BCUT2D eigenvalue weighted by molar-refractivity contribution is 0.102. The van der Waals surface area contributed by atoms with Crippen LogP contribution in [0.5, 0.6) is 11.5 Å². The summed E-state index contributed by atoms with van der Waals surface area (Å²) in [6.07, 6.45) is 0. The Labute approximate surface area is 197 Å². The van der Waals surface area contributed by atoms with Crippen molar-refractivity contribution in [3.05, 3.63) is 78.4 Å². The molecule has 0 aromatic heterocycles. The Hall–Kier alpha value is -3.31. The summed E-state index contributed by atoms with van der Waals surface area (Å²) in [5, 5.41) is 2.99. The number of rotatable bonds is 10. The van der Waals surface area contributed by atoms with Gasteiger partial charge in [-0.3, -0.25) is 9.69 Å². The van der Waals surface area contributed by atoms with Gasteiger partial charge in [-0.15, -0.1) is 0 Å². The molecule has 0 saturated heterocycles. The van der Waals surface area contributed by atoms with Gasteiger partial charge < -0.3 is 14.8 Å². The molecule has 0 heterocycles. The van der Waals surface area contributed by atoms with Crippen molar-refractivity contribution in [2.24, 2.45) is 0 Å². The fourth-order valence-corrected chi connectivity index (χ4v) is 3.87. The first-order valence-corrected chi connectivity index (χ1v) is 11.4. The molecule has 33 heavy (non-hydrogen) atoms. The van der Waals surface area contributed by atoms with E-state index in [0.717, 1.165) is 17.7 Å². The molecule has 0 spiro atoms. The monoisotopic (exact) mass is 446 g/mol. The average Bonchev–Trinajstić information content (AvgIpc) is 2.82. The molecule has 0 bridgehead atoms. The highest BCUT2D eigenvalue weighted by Crippen LogP contribution is 2.30. The molecule has 5 nitrogen and oxygen atoms in total. The topological polar surface area (TPSA) is 50.8 Å². The number of benzene rings is 3. The summed E-state index contributed by atoms with van der Waals surface area (Å²) in [5.41, 5.74) is 3.39. The average molecular weight is 447 g/mol. The number of carbonyl (C=O) groups is 1. The molecule has 1 amide bonds. The maximum absolute atomic E-state index is 12.9. The highest BCUT2D eigenvalue weighted by atomic mass is 16.5. The van der Waals surface area contributed by atoms with E-state index in [4.69, 9.17) is 9.47 Å². The van der Waals surface area contributed by atoms with Gasteiger partial charge in [0.05, 0.1) is 12.8 Å². The Morgan fingerprint density at radius 3 is 2.12 bits per heavy atom. The summed E-state index contributed by atoms with van der Waals surface area (Å²) in [5.74, 6) is 1.09. The van der Waals surface area contributed by atoms with Gasteiger partial charge >= 0.3 is 0 Å². The molecule has 0 saturated carbocycles. The van der Waals surface area contributed by atoms with E-state index < -0.39 is 0 Å². The maximum Gasteiger partial charge on any atom is 0.255 e. The normalized spacial score (nSPS) is 11.2. The van der Waals surface area contributed by atoms with Crippen LogP contribution in [0, 0.1) is 0 Å². The number of anilines is 1. The van der Waals surface area contributed by atoms with Crippen LogP contribution in [0.3, 0.4) is 0 Å². The number of hydrogen-bond acceptors (Lipinski definition) is 4. The van der Waals surface area contributed by atoms with E-state index in [0.29, 0.717) is 41.4 Å². The third-order valence-electron chi connectivity index (χ3n) is 5.62. The van der Waals surface area contributed by atoms with E-state index >= 15 is 0 Å². The van der Waals surface area contributed by atoms with Gasteiger partial charge in [-0.2, -0.15) is 0 Å². The summed E-state index contributed by atoms with van der Waals surface area (Å²) < 4.78 is 11.4. The van der Waals surface area contributed by atoms with E-state index in [-0.39, 0.29) is 5.91 Å². The molecular formula is C28H34N2O3. The van der Waals surface area contributed by atoms with Crippen LogP contribution in [-0.2, 0) is 0 Å². The minimum atomic E-state index is -0.185. The van der Waals surface area contributed by atoms with E-state index in [1.165, 1.54) is 0 Å². The largest absolute Gasteiger partial charge is 0.497 e. The van der Waals surface area contributed by atoms with Gasteiger partial charge in [0.2, 0.25) is 0 Å². The van der Waals surface area contributed by atoms with Gasteiger partial charge in [-0.25, -0.2) is 0 Å².